The molecule has 2 aromatic rings. The maximum absolute atomic E-state index is 12.7. The molecule has 27 heavy (non-hydrogen) atoms. The van der Waals surface area contributed by atoms with E-state index in [-0.39, 0.29) is 24.3 Å². The molecule has 1 aromatic carbocycles. The van der Waals surface area contributed by atoms with Gasteiger partial charge in [0.05, 0.1) is 6.07 Å². The highest BCUT2D eigenvalue weighted by Gasteiger charge is 2.22. The van der Waals surface area contributed by atoms with Crippen LogP contribution < -0.4 is 10.6 Å². The fourth-order valence-electron chi connectivity index (χ4n) is 2.99. The molecule has 0 aliphatic heterocycles. The first-order valence-electron chi connectivity index (χ1n) is 9.02. The maximum Gasteiger partial charge on any atom is 0.251 e. The standard InChI is InChI=1S/C20H27N5O2/c1-13(2)9-18(20(27)22-8-7-21)24-19(26)14-5-6-17-16(10-14)15(11-23-17)12-25(3)4/h5-6,10-11,13,18,23H,8-9,12H2,1-4H3,(H,22,27)(H,24,26). The van der Waals surface area contributed by atoms with Gasteiger partial charge in [0.2, 0.25) is 5.91 Å². The lowest BCUT2D eigenvalue weighted by Crippen LogP contribution is -2.47. The number of rotatable bonds is 8. The SMILES string of the molecule is CC(C)CC(NC(=O)c1ccc2[nH]cc(CN(C)C)c2c1)C(=O)NCC#N. The second-order valence-electron chi connectivity index (χ2n) is 7.34. The topological polar surface area (TPSA) is 101 Å². The van der Waals surface area contributed by atoms with Crippen molar-refractivity contribution >= 4 is 22.7 Å². The Labute approximate surface area is 159 Å². The molecule has 0 aliphatic rings. The van der Waals surface area contributed by atoms with Crippen molar-refractivity contribution in [2.24, 2.45) is 5.92 Å². The summed E-state index contributed by atoms with van der Waals surface area (Å²) in [7, 11) is 3.98. The fraction of sp³-hybridized carbons (Fsp3) is 0.450. The van der Waals surface area contributed by atoms with Crippen LogP contribution in [-0.4, -0.2) is 48.4 Å². The van der Waals surface area contributed by atoms with E-state index in [4.69, 9.17) is 5.26 Å². The molecule has 0 spiro atoms. The molecule has 7 heteroatoms. The van der Waals surface area contributed by atoms with Crippen LogP contribution in [0, 0.1) is 17.2 Å². The van der Waals surface area contributed by atoms with Crippen molar-refractivity contribution in [3.05, 3.63) is 35.5 Å². The number of nitrogens with one attached hydrogen (secondary N) is 3. The first-order chi connectivity index (χ1) is 12.8. The molecular formula is C20H27N5O2. The highest BCUT2D eigenvalue weighted by atomic mass is 16.2. The maximum atomic E-state index is 12.7. The monoisotopic (exact) mass is 369 g/mol. The lowest BCUT2D eigenvalue weighted by molar-refractivity contribution is -0.123. The molecule has 0 fully saturated rings. The number of fused-ring (bicyclic) bond motifs is 1. The van der Waals surface area contributed by atoms with Crippen molar-refractivity contribution in [3.63, 3.8) is 0 Å². The average molecular weight is 369 g/mol. The zero-order valence-corrected chi connectivity index (χ0v) is 16.3. The third-order valence-electron chi connectivity index (χ3n) is 4.19. The fourth-order valence-corrected chi connectivity index (χ4v) is 2.99. The Morgan fingerprint density at radius 1 is 1.30 bits per heavy atom. The Morgan fingerprint density at radius 3 is 2.67 bits per heavy atom. The molecule has 0 radical (unpaired) electrons. The zero-order valence-electron chi connectivity index (χ0n) is 16.3. The highest BCUT2D eigenvalue weighted by Crippen LogP contribution is 2.21. The number of hydrogen-bond acceptors (Lipinski definition) is 4. The molecule has 1 aromatic heterocycles. The smallest absolute Gasteiger partial charge is 0.251 e. The van der Waals surface area contributed by atoms with Crippen molar-refractivity contribution in [1.82, 2.24) is 20.5 Å². The van der Waals surface area contributed by atoms with E-state index in [0.29, 0.717) is 12.0 Å². The third kappa shape index (κ3) is 5.56. The quantitative estimate of drug-likeness (QED) is 0.620. The molecule has 0 bridgehead atoms. The highest BCUT2D eigenvalue weighted by molar-refractivity contribution is 6.00. The zero-order chi connectivity index (χ0) is 20.0. The number of carbonyl (C=O) groups excluding carboxylic acids is 2. The minimum Gasteiger partial charge on any atom is -0.361 e. The number of H-pyrrole nitrogens is 1. The molecule has 1 atom stereocenters. The van der Waals surface area contributed by atoms with Crippen LogP contribution in [0.3, 0.4) is 0 Å². The molecule has 1 heterocycles. The number of hydrogen-bond donors (Lipinski definition) is 3. The van der Waals surface area contributed by atoms with Gasteiger partial charge in [0, 0.05) is 29.2 Å². The number of aromatic nitrogens is 1. The van der Waals surface area contributed by atoms with Crippen LogP contribution in [0.15, 0.2) is 24.4 Å². The normalized spacial score (nSPS) is 12.2. The minimum absolute atomic E-state index is 0.0769. The van der Waals surface area contributed by atoms with Gasteiger partial charge in [-0.3, -0.25) is 9.59 Å². The van der Waals surface area contributed by atoms with Crippen LogP contribution in [0.25, 0.3) is 10.9 Å². The van der Waals surface area contributed by atoms with Crippen LogP contribution in [-0.2, 0) is 11.3 Å². The van der Waals surface area contributed by atoms with E-state index in [2.05, 4.69) is 20.5 Å². The van der Waals surface area contributed by atoms with Crippen LogP contribution in [0.1, 0.15) is 36.2 Å². The largest absolute Gasteiger partial charge is 0.361 e. The van der Waals surface area contributed by atoms with Crippen molar-refractivity contribution in [3.8, 4) is 6.07 Å². The number of nitrogens with zero attached hydrogens (tertiary/aromatic N) is 2. The lowest BCUT2D eigenvalue weighted by Gasteiger charge is -2.19. The van der Waals surface area contributed by atoms with E-state index in [1.165, 1.54) is 0 Å². The van der Waals surface area contributed by atoms with Gasteiger partial charge >= 0.3 is 0 Å². The van der Waals surface area contributed by atoms with Gasteiger partial charge in [0.15, 0.2) is 0 Å². The Morgan fingerprint density at radius 2 is 2.04 bits per heavy atom. The molecule has 0 aliphatic carbocycles. The van der Waals surface area contributed by atoms with E-state index < -0.39 is 6.04 Å². The minimum atomic E-state index is -0.672. The van der Waals surface area contributed by atoms with E-state index >= 15 is 0 Å². The van der Waals surface area contributed by atoms with E-state index in [1.807, 2.05) is 52.3 Å². The molecule has 2 rings (SSSR count). The summed E-state index contributed by atoms with van der Waals surface area (Å²) in [6.45, 7) is 4.65. The van der Waals surface area contributed by atoms with E-state index in [1.54, 1.807) is 6.07 Å². The van der Waals surface area contributed by atoms with Gasteiger partial charge < -0.3 is 20.5 Å². The summed E-state index contributed by atoms with van der Waals surface area (Å²) in [6, 6.07) is 6.67. The summed E-state index contributed by atoms with van der Waals surface area (Å²) in [6.07, 6.45) is 2.45. The van der Waals surface area contributed by atoms with Gasteiger partial charge in [-0.05, 0) is 50.2 Å². The molecule has 1 unspecified atom stereocenters. The second-order valence-corrected chi connectivity index (χ2v) is 7.34. The predicted octanol–water partition coefficient (Wildman–Crippen LogP) is 2.01. The van der Waals surface area contributed by atoms with Crippen molar-refractivity contribution in [2.75, 3.05) is 20.6 Å². The molecular weight excluding hydrogens is 342 g/mol. The Kier molecular flexibility index (Phi) is 6.97. The second kappa shape index (κ2) is 9.19. The number of benzene rings is 1. The van der Waals surface area contributed by atoms with E-state index in [9.17, 15) is 9.59 Å². The summed E-state index contributed by atoms with van der Waals surface area (Å²) in [5, 5.41) is 15.0. The number of carbonyl (C=O) groups is 2. The van der Waals surface area contributed by atoms with Gasteiger partial charge in [0.25, 0.3) is 5.91 Å². The summed E-state index contributed by atoms with van der Waals surface area (Å²) >= 11 is 0. The first-order valence-corrected chi connectivity index (χ1v) is 9.02. The van der Waals surface area contributed by atoms with Gasteiger partial charge in [-0.1, -0.05) is 13.8 Å². The number of aromatic amines is 1. The van der Waals surface area contributed by atoms with Crippen molar-refractivity contribution < 1.29 is 9.59 Å². The van der Waals surface area contributed by atoms with Crippen molar-refractivity contribution in [1.29, 1.82) is 5.26 Å². The summed E-state index contributed by atoms with van der Waals surface area (Å²) in [5.41, 5.74) is 2.58. The Balaban J connectivity index is 2.21. The predicted molar refractivity (Wildman–Crippen MR) is 105 cm³/mol. The number of amides is 2. The molecule has 3 N–H and O–H groups in total. The molecule has 7 nitrogen and oxygen atoms in total. The molecule has 2 amide bonds. The van der Waals surface area contributed by atoms with Gasteiger partial charge in [0.1, 0.15) is 12.6 Å². The Hall–Kier alpha value is -2.85. The molecule has 0 saturated carbocycles. The van der Waals surface area contributed by atoms with Crippen LogP contribution >= 0.6 is 0 Å². The average Bonchev–Trinajstić information content (AvgIpc) is 3.00. The molecule has 144 valence electrons. The van der Waals surface area contributed by atoms with Crippen molar-refractivity contribution in [2.45, 2.75) is 32.9 Å². The Bertz CT molecular complexity index is 848. The summed E-state index contributed by atoms with van der Waals surface area (Å²) in [5.74, 6) is -0.414. The van der Waals surface area contributed by atoms with Crippen LogP contribution in [0.5, 0.6) is 0 Å². The summed E-state index contributed by atoms with van der Waals surface area (Å²) < 4.78 is 0. The number of nitriles is 1. The lowest BCUT2D eigenvalue weighted by atomic mass is 10.0. The van der Waals surface area contributed by atoms with E-state index in [0.717, 1.165) is 23.0 Å². The van der Waals surface area contributed by atoms with Crippen LogP contribution in [0.2, 0.25) is 0 Å². The van der Waals surface area contributed by atoms with Gasteiger partial charge in [-0.2, -0.15) is 5.26 Å². The van der Waals surface area contributed by atoms with Gasteiger partial charge in [-0.25, -0.2) is 0 Å². The molecule has 0 saturated heterocycles. The van der Waals surface area contributed by atoms with Gasteiger partial charge in [-0.15, -0.1) is 0 Å². The van der Waals surface area contributed by atoms with Crippen LogP contribution in [0.4, 0.5) is 0 Å². The summed E-state index contributed by atoms with van der Waals surface area (Å²) in [4.78, 5) is 30.3. The third-order valence-corrected chi connectivity index (χ3v) is 4.19. The first kappa shape index (κ1) is 20.5.